The number of halogens is 1. The molecule has 0 aliphatic heterocycles. The number of rotatable bonds is 6. The van der Waals surface area contributed by atoms with Gasteiger partial charge in [-0.1, -0.05) is 11.6 Å². The number of thiocarbonyl (C=S) groups is 1. The van der Waals surface area contributed by atoms with Crippen LogP contribution >= 0.6 is 23.8 Å². The van der Waals surface area contributed by atoms with Crippen LogP contribution < -0.4 is 29.6 Å². The molecule has 0 radical (unpaired) electrons. The van der Waals surface area contributed by atoms with Crippen LogP contribution in [-0.2, 0) is 0 Å². The van der Waals surface area contributed by atoms with E-state index in [0.29, 0.717) is 44.5 Å². The van der Waals surface area contributed by atoms with Gasteiger partial charge in [-0.15, -0.1) is 0 Å². The van der Waals surface area contributed by atoms with Gasteiger partial charge in [0.15, 0.2) is 5.11 Å². The molecule has 2 rings (SSSR count). The molecule has 0 aromatic heterocycles. The first-order valence-electron chi connectivity index (χ1n) is 7.24. The average molecular weight is 383 g/mol. The van der Waals surface area contributed by atoms with Crippen molar-refractivity contribution in [3.05, 3.63) is 35.4 Å². The van der Waals surface area contributed by atoms with Gasteiger partial charge in [0, 0.05) is 12.1 Å². The third-order valence-corrected chi connectivity index (χ3v) is 3.88. The molecule has 0 aliphatic rings. The van der Waals surface area contributed by atoms with E-state index >= 15 is 0 Å². The van der Waals surface area contributed by atoms with Crippen LogP contribution in [0.1, 0.15) is 0 Å². The number of nitrogens with one attached hydrogen (secondary N) is 2. The molecule has 0 atom stereocenters. The van der Waals surface area contributed by atoms with Crippen molar-refractivity contribution < 1.29 is 18.9 Å². The number of hydrogen-bond acceptors (Lipinski definition) is 5. The van der Waals surface area contributed by atoms with Crippen LogP contribution in [0.3, 0.4) is 0 Å². The molecule has 0 fully saturated rings. The highest BCUT2D eigenvalue weighted by Crippen LogP contribution is 2.36. The molecular weight excluding hydrogens is 364 g/mol. The Hall–Kier alpha value is -2.38. The van der Waals surface area contributed by atoms with E-state index in [2.05, 4.69) is 10.6 Å². The molecule has 0 amide bonds. The Morgan fingerprint density at radius 3 is 2.00 bits per heavy atom. The van der Waals surface area contributed by atoms with Gasteiger partial charge in [0.1, 0.15) is 23.0 Å². The molecular formula is C17H19ClN2O4S. The van der Waals surface area contributed by atoms with Gasteiger partial charge in [-0.2, -0.15) is 0 Å². The largest absolute Gasteiger partial charge is 0.497 e. The van der Waals surface area contributed by atoms with E-state index in [4.69, 9.17) is 42.8 Å². The lowest BCUT2D eigenvalue weighted by Gasteiger charge is -2.17. The molecule has 134 valence electrons. The van der Waals surface area contributed by atoms with Gasteiger partial charge in [0.25, 0.3) is 0 Å². The predicted molar refractivity (Wildman–Crippen MR) is 104 cm³/mol. The summed E-state index contributed by atoms with van der Waals surface area (Å²) in [4.78, 5) is 0. The van der Waals surface area contributed by atoms with Gasteiger partial charge in [-0.3, -0.25) is 0 Å². The second-order valence-corrected chi connectivity index (χ2v) is 5.65. The van der Waals surface area contributed by atoms with Crippen LogP contribution in [-0.4, -0.2) is 33.6 Å². The lowest BCUT2D eigenvalue weighted by Crippen LogP contribution is -2.20. The van der Waals surface area contributed by atoms with Crippen molar-refractivity contribution in [3.8, 4) is 23.0 Å². The molecule has 25 heavy (non-hydrogen) atoms. The number of anilines is 2. The van der Waals surface area contributed by atoms with Gasteiger partial charge in [-0.05, 0) is 30.4 Å². The Morgan fingerprint density at radius 2 is 1.40 bits per heavy atom. The highest BCUT2D eigenvalue weighted by atomic mass is 35.5. The van der Waals surface area contributed by atoms with Crippen LogP contribution in [0.2, 0.25) is 5.02 Å². The van der Waals surface area contributed by atoms with Gasteiger partial charge >= 0.3 is 0 Å². The zero-order chi connectivity index (χ0) is 18.4. The third-order valence-electron chi connectivity index (χ3n) is 3.38. The molecule has 0 heterocycles. The molecule has 8 heteroatoms. The summed E-state index contributed by atoms with van der Waals surface area (Å²) in [5, 5.41) is 6.91. The second-order valence-electron chi connectivity index (χ2n) is 4.83. The molecule has 2 aromatic rings. The minimum atomic E-state index is 0.350. The van der Waals surface area contributed by atoms with Crippen LogP contribution in [0, 0.1) is 0 Å². The molecule has 2 aromatic carbocycles. The van der Waals surface area contributed by atoms with E-state index in [1.54, 1.807) is 45.6 Å². The summed E-state index contributed by atoms with van der Waals surface area (Å²) in [7, 11) is 6.25. The van der Waals surface area contributed by atoms with Crippen molar-refractivity contribution >= 4 is 40.3 Å². The minimum absolute atomic E-state index is 0.350. The first-order chi connectivity index (χ1) is 12.0. The summed E-state index contributed by atoms with van der Waals surface area (Å²) in [6.07, 6.45) is 0. The van der Waals surface area contributed by atoms with E-state index in [1.807, 2.05) is 6.07 Å². The van der Waals surface area contributed by atoms with Crippen molar-refractivity contribution in [2.75, 3.05) is 39.1 Å². The van der Waals surface area contributed by atoms with Gasteiger partial charge in [0.2, 0.25) is 0 Å². The van der Waals surface area contributed by atoms with E-state index in [-0.39, 0.29) is 0 Å². The smallest absolute Gasteiger partial charge is 0.175 e. The van der Waals surface area contributed by atoms with Crippen molar-refractivity contribution in [2.24, 2.45) is 0 Å². The Kier molecular flexibility index (Phi) is 6.55. The summed E-state index contributed by atoms with van der Waals surface area (Å²) in [6, 6.07) is 8.73. The van der Waals surface area contributed by atoms with E-state index in [9.17, 15) is 0 Å². The molecule has 6 nitrogen and oxygen atoms in total. The second kappa shape index (κ2) is 8.64. The summed E-state index contributed by atoms with van der Waals surface area (Å²) < 4.78 is 21.0. The molecule has 0 aliphatic carbocycles. The Morgan fingerprint density at radius 1 is 0.800 bits per heavy atom. The summed E-state index contributed by atoms with van der Waals surface area (Å²) in [5.74, 6) is 2.35. The SMILES string of the molecule is COc1ccc(NC(=S)Nc2cc(Cl)c(OC)cc2OC)c(OC)c1. The van der Waals surface area contributed by atoms with Crippen LogP contribution in [0.4, 0.5) is 11.4 Å². The van der Waals surface area contributed by atoms with Crippen molar-refractivity contribution in [3.63, 3.8) is 0 Å². The highest BCUT2D eigenvalue weighted by molar-refractivity contribution is 7.80. The minimum Gasteiger partial charge on any atom is -0.497 e. The molecule has 0 saturated heterocycles. The number of methoxy groups -OCH3 is 4. The number of hydrogen-bond donors (Lipinski definition) is 2. The van der Waals surface area contributed by atoms with Gasteiger partial charge < -0.3 is 29.6 Å². The first kappa shape index (κ1) is 19.0. The van der Waals surface area contributed by atoms with Crippen molar-refractivity contribution in [1.29, 1.82) is 0 Å². The Bertz CT molecular complexity index is 771. The summed E-state index contributed by atoms with van der Waals surface area (Å²) in [5.41, 5.74) is 1.30. The standard InChI is InChI=1S/C17H19ClN2O4S/c1-21-10-5-6-12(15(7-10)23-3)19-17(25)20-13-8-11(18)14(22-2)9-16(13)24-4/h5-9H,1-4H3,(H2,19,20,25). The molecule has 2 N–H and O–H groups in total. The summed E-state index contributed by atoms with van der Waals surface area (Å²) >= 11 is 11.5. The normalized spacial score (nSPS) is 9.96. The third kappa shape index (κ3) is 4.58. The van der Waals surface area contributed by atoms with Crippen LogP contribution in [0.25, 0.3) is 0 Å². The Labute approximate surface area is 157 Å². The van der Waals surface area contributed by atoms with Gasteiger partial charge in [0.05, 0.1) is 44.8 Å². The monoisotopic (exact) mass is 382 g/mol. The molecule has 0 saturated carbocycles. The maximum Gasteiger partial charge on any atom is 0.175 e. The first-order valence-corrected chi connectivity index (χ1v) is 8.02. The summed E-state index contributed by atoms with van der Waals surface area (Å²) in [6.45, 7) is 0. The molecule has 0 unspecified atom stereocenters. The number of ether oxygens (including phenoxy) is 4. The zero-order valence-electron chi connectivity index (χ0n) is 14.3. The van der Waals surface area contributed by atoms with E-state index in [0.717, 1.165) is 0 Å². The van der Waals surface area contributed by atoms with Crippen LogP contribution in [0.5, 0.6) is 23.0 Å². The Balaban J connectivity index is 2.19. The fourth-order valence-electron chi connectivity index (χ4n) is 2.14. The van der Waals surface area contributed by atoms with Gasteiger partial charge in [-0.25, -0.2) is 0 Å². The van der Waals surface area contributed by atoms with Crippen molar-refractivity contribution in [2.45, 2.75) is 0 Å². The molecule has 0 spiro atoms. The predicted octanol–water partition coefficient (Wildman–Crippen LogP) is 4.18. The van der Waals surface area contributed by atoms with Crippen LogP contribution in [0.15, 0.2) is 30.3 Å². The maximum absolute atomic E-state index is 6.17. The molecule has 0 bridgehead atoms. The average Bonchev–Trinajstić information content (AvgIpc) is 2.62. The lowest BCUT2D eigenvalue weighted by atomic mass is 10.2. The highest BCUT2D eigenvalue weighted by Gasteiger charge is 2.12. The van der Waals surface area contributed by atoms with E-state index < -0.39 is 0 Å². The topological polar surface area (TPSA) is 61.0 Å². The van der Waals surface area contributed by atoms with E-state index in [1.165, 1.54) is 7.11 Å². The lowest BCUT2D eigenvalue weighted by molar-refractivity contribution is 0.395. The fourth-order valence-corrected chi connectivity index (χ4v) is 2.60. The number of benzene rings is 2. The van der Waals surface area contributed by atoms with Crippen molar-refractivity contribution in [1.82, 2.24) is 0 Å². The quantitative estimate of drug-likeness (QED) is 0.726. The zero-order valence-corrected chi connectivity index (χ0v) is 15.9. The maximum atomic E-state index is 6.17. The fraction of sp³-hybridized carbons (Fsp3) is 0.235.